The summed E-state index contributed by atoms with van der Waals surface area (Å²) in [5.41, 5.74) is 1.78. The Morgan fingerprint density at radius 2 is 1.86 bits per heavy atom. The quantitative estimate of drug-likeness (QED) is 0.365. The molecule has 0 atom stereocenters. The van der Waals surface area contributed by atoms with Gasteiger partial charge >= 0.3 is 5.97 Å². The number of carboxylic acid groups (broad SMARTS) is 1. The topological polar surface area (TPSA) is 76.0 Å². The van der Waals surface area contributed by atoms with E-state index in [9.17, 15) is 13.6 Å². The molecule has 0 saturated carbocycles. The van der Waals surface area contributed by atoms with Crippen LogP contribution in [0.1, 0.15) is 36.8 Å². The van der Waals surface area contributed by atoms with Gasteiger partial charge in [-0.2, -0.15) is 0 Å². The Morgan fingerprint density at radius 1 is 1.14 bits per heavy atom. The first-order chi connectivity index (χ1) is 13.2. The summed E-state index contributed by atoms with van der Waals surface area (Å²) in [7, 11) is 0. The first kappa shape index (κ1) is 24.5. The van der Waals surface area contributed by atoms with Crippen LogP contribution in [0.2, 0.25) is 0 Å². The van der Waals surface area contributed by atoms with Crippen LogP contribution >= 0.6 is 0 Å². The molecule has 0 unspecified atom stereocenters. The molecule has 0 aliphatic rings. The second kappa shape index (κ2) is 10.8. The van der Waals surface area contributed by atoms with Crippen molar-refractivity contribution in [2.24, 2.45) is 5.41 Å². The van der Waals surface area contributed by atoms with E-state index in [1.54, 1.807) is 24.4 Å². The normalized spacial score (nSPS) is 10.4. The maximum Gasteiger partial charge on any atom is 0.354 e. The van der Waals surface area contributed by atoms with Gasteiger partial charge in [-0.1, -0.05) is 50.1 Å². The van der Waals surface area contributed by atoms with E-state index in [0.717, 1.165) is 18.1 Å². The number of hydrogen-bond acceptors (Lipinski definition) is 4. The smallest absolute Gasteiger partial charge is 0.354 e. The summed E-state index contributed by atoms with van der Waals surface area (Å²) in [5, 5.41) is 8.32. The van der Waals surface area contributed by atoms with Crippen LogP contribution in [0.15, 0.2) is 48.8 Å². The molecule has 3 heterocycles. The average molecular weight is 577 g/mol. The summed E-state index contributed by atoms with van der Waals surface area (Å²) in [4.78, 5) is 21.0. The molecular formula is C21H20F2IrN3O2-. The summed E-state index contributed by atoms with van der Waals surface area (Å²) in [6, 6.07) is 12.0. The summed E-state index contributed by atoms with van der Waals surface area (Å²) < 4.78 is 26.3. The molecule has 8 heteroatoms. The van der Waals surface area contributed by atoms with Crippen LogP contribution in [-0.4, -0.2) is 26.0 Å². The summed E-state index contributed by atoms with van der Waals surface area (Å²) in [5.74, 6) is -2.76. The van der Waals surface area contributed by atoms with Crippen molar-refractivity contribution >= 4 is 5.97 Å². The molecule has 1 radical (unpaired) electrons. The summed E-state index contributed by atoms with van der Waals surface area (Å²) in [6.07, 6.45) is 3.91. The second-order valence-electron chi connectivity index (χ2n) is 7.20. The van der Waals surface area contributed by atoms with Crippen LogP contribution in [0.3, 0.4) is 0 Å². The number of carbonyl (C=O) groups is 1. The van der Waals surface area contributed by atoms with Crippen molar-refractivity contribution in [1.82, 2.24) is 15.0 Å². The fourth-order valence-electron chi connectivity index (χ4n) is 2.38. The zero-order valence-corrected chi connectivity index (χ0v) is 18.5. The number of rotatable bonds is 3. The van der Waals surface area contributed by atoms with Crippen LogP contribution in [-0.2, 0) is 26.5 Å². The van der Waals surface area contributed by atoms with Crippen LogP contribution in [0, 0.1) is 23.4 Å². The maximum absolute atomic E-state index is 13.6. The van der Waals surface area contributed by atoms with Gasteiger partial charge in [-0.3, -0.25) is 4.98 Å². The number of nitrogens with zero attached hydrogens (tertiary/aromatic N) is 3. The zero-order valence-electron chi connectivity index (χ0n) is 16.1. The van der Waals surface area contributed by atoms with Gasteiger partial charge in [-0.15, -0.1) is 6.07 Å². The van der Waals surface area contributed by atoms with Crippen molar-refractivity contribution in [1.29, 1.82) is 0 Å². The molecule has 0 fully saturated rings. The molecule has 0 spiro atoms. The molecule has 1 N–H and O–H groups in total. The predicted molar refractivity (Wildman–Crippen MR) is 101 cm³/mol. The molecule has 29 heavy (non-hydrogen) atoms. The van der Waals surface area contributed by atoms with Gasteiger partial charge in [0.1, 0.15) is 17.6 Å². The summed E-state index contributed by atoms with van der Waals surface area (Å²) >= 11 is 0. The second-order valence-corrected chi connectivity index (χ2v) is 7.20. The first-order valence-corrected chi connectivity index (χ1v) is 8.49. The van der Waals surface area contributed by atoms with Crippen molar-refractivity contribution in [2.45, 2.75) is 27.2 Å². The average Bonchev–Trinajstić information content (AvgIpc) is 2.62. The molecule has 0 amide bonds. The number of carboxylic acids is 1. The van der Waals surface area contributed by atoms with E-state index in [2.05, 4.69) is 41.8 Å². The Balaban J connectivity index is 0.000000355. The van der Waals surface area contributed by atoms with Gasteiger partial charge < -0.3 is 10.1 Å². The standard InChI is InChI=1S/C15H15F2N2.C6H5NO2.Ir/c1-15(2,3)9-10-6-7-18-12(8-10)11-4-5-13(16)19-14(11)17;8-6(9)5-3-1-2-4-7-5;/h5-8H,9H2,1-3H3;1-4H,(H,8,9);/q-1;;. The Morgan fingerprint density at radius 3 is 2.38 bits per heavy atom. The SMILES string of the molecule is CC(C)(C)Cc1ccnc(-c2[c-]cc(F)nc2F)c1.O=C(O)c1ccccn1.[Ir]. The van der Waals surface area contributed by atoms with Gasteiger partial charge in [0.25, 0.3) is 0 Å². The van der Waals surface area contributed by atoms with Crippen LogP contribution < -0.4 is 0 Å². The summed E-state index contributed by atoms with van der Waals surface area (Å²) in [6.45, 7) is 6.37. The Hall–Kier alpha value is -2.57. The number of aromatic nitrogens is 3. The van der Waals surface area contributed by atoms with Crippen LogP contribution in [0.5, 0.6) is 0 Å². The predicted octanol–water partition coefficient (Wildman–Crippen LogP) is 4.59. The molecule has 3 aromatic heterocycles. The maximum atomic E-state index is 13.6. The van der Waals surface area contributed by atoms with Crippen molar-refractivity contribution in [3.05, 3.63) is 78.0 Å². The number of aromatic carboxylic acids is 1. The molecule has 5 nitrogen and oxygen atoms in total. The van der Waals surface area contributed by atoms with Gasteiger partial charge in [-0.25, -0.2) is 18.6 Å². The molecule has 155 valence electrons. The largest absolute Gasteiger partial charge is 0.477 e. The van der Waals surface area contributed by atoms with Gasteiger partial charge in [0.15, 0.2) is 0 Å². The van der Waals surface area contributed by atoms with Crippen molar-refractivity contribution in [2.75, 3.05) is 0 Å². The van der Waals surface area contributed by atoms with E-state index >= 15 is 0 Å². The monoisotopic (exact) mass is 577 g/mol. The van der Waals surface area contributed by atoms with Crippen molar-refractivity contribution in [3.8, 4) is 11.3 Å². The first-order valence-electron chi connectivity index (χ1n) is 8.49. The van der Waals surface area contributed by atoms with E-state index in [1.807, 2.05) is 6.07 Å². The van der Waals surface area contributed by atoms with Gasteiger partial charge in [0.05, 0.1) is 0 Å². The molecule has 0 bridgehead atoms. The van der Waals surface area contributed by atoms with E-state index in [0.29, 0.717) is 5.69 Å². The number of hydrogen-bond donors (Lipinski definition) is 1. The van der Waals surface area contributed by atoms with Crippen molar-refractivity contribution < 1.29 is 38.8 Å². The number of pyridine rings is 3. The minimum atomic E-state index is -0.990. The Labute approximate surface area is 181 Å². The third-order valence-corrected chi connectivity index (χ3v) is 3.45. The van der Waals surface area contributed by atoms with Gasteiger partial charge in [0, 0.05) is 32.5 Å². The molecule has 0 aliphatic heterocycles. The van der Waals surface area contributed by atoms with E-state index in [1.165, 1.54) is 12.3 Å². The fraction of sp³-hybridized carbons (Fsp3) is 0.238. The van der Waals surface area contributed by atoms with E-state index in [-0.39, 0.29) is 36.8 Å². The molecule has 3 aromatic rings. The van der Waals surface area contributed by atoms with E-state index < -0.39 is 17.9 Å². The van der Waals surface area contributed by atoms with Crippen LogP contribution in [0.4, 0.5) is 8.78 Å². The van der Waals surface area contributed by atoms with Gasteiger partial charge in [0.2, 0.25) is 0 Å². The minimum absolute atomic E-state index is 0. The van der Waals surface area contributed by atoms with Crippen molar-refractivity contribution in [3.63, 3.8) is 0 Å². The number of halogens is 2. The Kier molecular flexibility index (Phi) is 9.14. The fourth-order valence-corrected chi connectivity index (χ4v) is 2.38. The minimum Gasteiger partial charge on any atom is -0.477 e. The molecule has 0 aromatic carbocycles. The molecule has 0 saturated heterocycles. The van der Waals surface area contributed by atoms with Gasteiger partial charge in [-0.05, 0) is 35.7 Å². The van der Waals surface area contributed by atoms with E-state index in [4.69, 9.17) is 5.11 Å². The third-order valence-electron chi connectivity index (χ3n) is 3.45. The molecular weight excluding hydrogens is 556 g/mol. The molecule has 3 rings (SSSR count). The molecule has 0 aliphatic carbocycles. The van der Waals surface area contributed by atoms with Crippen LogP contribution in [0.25, 0.3) is 11.3 Å². The Bertz CT molecular complexity index is 948. The zero-order chi connectivity index (χ0) is 20.7. The third kappa shape index (κ3) is 8.13.